The predicted molar refractivity (Wildman–Crippen MR) is 36.2 cm³/mol. The maximum atomic E-state index is 12.8. The molecular weight excluding hydrogens is 131 g/mol. The summed E-state index contributed by atoms with van der Waals surface area (Å²) in [4.78, 5) is 1.95. The van der Waals surface area contributed by atoms with Crippen molar-refractivity contribution in [1.29, 1.82) is 5.26 Å². The second-order valence-corrected chi connectivity index (χ2v) is 3.03. The molecule has 0 spiro atoms. The molecule has 0 N–H and O–H groups in total. The lowest BCUT2D eigenvalue weighted by atomic mass is 9.99. The van der Waals surface area contributed by atoms with E-state index in [1.165, 1.54) is 0 Å². The predicted octanol–water partition coefficient (Wildman–Crippen LogP) is 0.944. The Balaban J connectivity index is 2.10. The minimum atomic E-state index is -0.991. The van der Waals surface area contributed by atoms with Gasteiger partial charge >= 0.3 is 0 Å². The Bertz CT molecular complexity index is 151. The van der Waals surface area contributed by atoms with Gasteiger partial charge in [-0.25, -0.2) is 4.39 Å². The van der Waals surface area contributed by atoms with Crippen molar-refractivity contribution < 1.29 is 4.39 Å². The molecule has 1 fully saturated rings. The van der Waals surface area contributed by atoms with Crippen molar-refractivity contribution in [1.82, 2.24) is 4.90 Å². The highest BCUT2D eigenvalue weighted by Gasteiger charge is 2.37. The average molecular weight is 142 g/mol. The summed E-state index contributed by atoms with van der Waals surface area (Å²) in [6, 6.07) is 2.03. The number of nitriles is 1. The van der Waals surface area contributed by atoms with Crippen LogP contribution in [0.2, 0.25) is 0 Å². The van der Waals surface area contributed by atoms with Crippen LogP contribution in [0, 0.1) is 11.3 Å². The quantitative estimate of drug-likeness (QED) is 0.573. The van der Waals surface area contributed by atoms with E-state index < -0.39 is 5.67 Å². The monoisotopic (exact) mass is 142 g/mol. The highest BCUT2D eigenvalue weighted by atomic mass is 19.1. The fourth-order valence-electron chi connectivity index (χ4n) is 1.25. The first-order chi connectivity index (χ1) is 4.64. The Kier molecular flexibility index (Phi) is 1.91. The van der Waals surface area contributed by atoms with Crippen molar-refractivity contribution in [2.24, 2.45) is 0 Å². The summed E-state index contributed by atoms with van der Waals surface area (Å²) < 4.78 is 12.8. The van der Waals surface area contributed by atoms with Crippen LogP contribution in [0.25, 0.3) is 0 Å². The first kappa shape index (κ1) is 7.49. The van der Waals surface area contributed by atoms with Crippen molar-refractivity contribution in [2.75, 3.05) is 19.6 Å². The number of nitrogens with zero attached hydrogens (tertiary/aromatic N) is 2. The molecule has 0 aromatic rings. The normalized spacial score (nSPS) is 23.3. The van der Waals surface area contributed by atoms with Crippen LogP contribution in [0.1, 0.15) is 13.3 Å². The molecule has 0 aliphatic carbocycles. The van der Waals surface area contributed by atoms with E-state index in [9.17, 15) is 4.39 Å². The molecule has 0 amide bonds. The first-order valence-electron chi connectivity index (χ1n) is 3.42. The molecule has 0 aromatic carbocycles. The molecule has 56 valence electrons. The Labute approximate surface area is 60.2 Å². The second kappa shape index (κ2) is 2.55. The molecule has 0 unspecified atom stereocenters. The van der Waals surface area contributed by atoms with Crippen LogP contribution >= 0.6 is 0 Å². The van der Waals surface area contributed by atoms with Crippen molar-refractivity contribution >= 4 is 0 Å². The third kappa shape index (κ3) is 1.68. The molecule has 0 atom stereocenters. The largest absolute Gasteiger partial charge is 0.296 e. The molecule has 0 aromatic heterocycles. The fraction of sp³-hybridized carbons (Fsp3) is 0.857. The smallest absolute Gasteiger partial charge is 0.133 e. The van der Waals surface area contributed by atoms with Gasteiger partial charge in [-0.05, 0) is 6.92 Å². The van der Waals surface area contributed by atoms with Gasteiger partial charge in [0, 0.05) is 26.1 Å². The van der Waals surface area contributed by atoms with E-state index in [1.54, 1.807) is 6.92 Å². The van der Waals surface area contributed by atoms with Gasteiger partial charge in [-0.15, -0.1) is 0 Å². The van der Waals surface area contributed by atoms with Crippen LogP contribution < -0.4 is 0 Å². The summed E-state index contributed by atoms with van der Waals surface area (Å²) in [5.74, 6) is 0. The Morgan fingerprint density at radius 1 is 1.70 bits per heavy atom. The van der Waals surface area contributed by atoms with Crippen molar-refractivity contribution in [3.8, 4) is 6.07 Å². The highest BCUT2D eigenvalue weighted by molar-refractivity contribution is 4.92. The molecular formula is C7H11FN2. The van der Waals surface area contributed by atoms with Gasteiger partial charge in [-0.2, -0.15) is 5.26 Å². The van der Waals surface area contributed by atoms with Gasteiger partial charge in [0.05, 0.1) is 6.07 Å². The summed E-state index contributed by atoms with van der Waals surface area (Å²) in [6.45, 7) is 3.30. The zero-order valence-electron chi connectivity index (χ0n) is 6.10. The molecule has 10 heavy (non-hydrogen) atoms. The Morgan fingerprint density at radius 3 is 2.70 bits per heavy atom. The van der Waals surface area contributed by atoms with E-state index in [0.29, 0.717) is 19.5 Å². The molecule has 1 saturated heterocycles. The van der Waals surface area contributed by atoms with Crippen LogP contribution in [-0.2, 0) is 0 Å². The van der Waals surface area contributed by atoms with E-state index in [2.05, 4.69) is 0 Å². The minimum absolute atomic E-state index is 0.495. The summed E-state index contributed by atoms with van der Waals surface area (Å²) in [6.07, 6.45) is 0.510. The molecule has 1 aliphatic rings. The first-order valence-corrected chi connectivity index (χ1v) is 3.42. The van der Waals surface area contributed by atoms with Crippen molar-refractivity contribution in [3.63, 3.8) is 0 Å². The second-order valence-electron chi connectivity index (χ2n) is 3.03. The molecule has 0 bridgehead atoms. The van der Waals surface area contributed by atoms with Crippen LogP contribution in [0.3, 0.4) is 0 Å². The fourth-order valence-corrected chi connectivity index (χ4v) is 1.25. The molecule has 2 nitrogen and oxygen atoms in total. The van der Waals surface area contributed by atoms with Crippen molar-refractivity contribution in [3.05, 3.63) is 0 Å². The Morgan fingerprint density at radius 2 is 2.30 bits per heavy atom. The van der Waals surface area contributed by atoms with Crippen LogP contribution in [0.5, 0.6) is 0 Å². The maximum absolute atomic E-state index is 12.8. The lowest BCUT2D eigenvalue weighted by molar-refractivity contribution is -0.0156. The summed E-state index contributed by atoms with van der Waals surface area (Å²) >= 11 is 0. The lowest BCUT2D eigenvalue weighted by Crippen LogP contribution is -2.57. The van der Waals surface area contributed by atoms with E-state index in [1.807, 2.05) is 11.0 Å². The van der Waals surface area contributed by atoms with E-state index in [4.69, 9.17) is 5.26 Å². The van der Waals surface area contributed by atoms with Crippen LogP contribution in [-0.4, -0.2) is 30.2 Å². The highest BCUT2D eigenvalue weighted by Crippen LogP contribution is 2.23. The topological polar surface area (TPSA) is 27.0 Å². The third-order valence-electron chi connectivity index (χ3n) is 1.65. The molecule has 0 radical (unpaired) electrons. The van der Waals surface area contributed by atoms with E-state index in [-0.39, 0.29) is 0 Å². The zero-order chi connectivity index (χ0) is 7.61. The summed E-state index contributed by atoms with van der Waals surface area (Å²) in [7, 11) is 0. The molecule has 0 saturated carbocycles. The summed E-state index contributed by atoms with van der Waals surface area (Å²) in [5, 5.41) is 8.19. The third-order valence-corrected chi connectivity index (χ3v) is 1.65. The number of likely N-dealkylation sites (tertiary alicyclic amines) is 1. The van der Waals surface area contributed by atoms with Crippen LogP contribution in [0.15, 0.2) is 0 Å². The number of hydrogen-bond acceptors (Lipinski definition) is 2. The van der Waals surface area contributed by atoms with Crippen molar-refractivity contribution in [2.45, 2.75) is 19.0 Å². The van der Waals surface area contributed by atoms with Crippen LogP contribution in [0.4, 0.5) is 4.39 Å². The van der Waals surface area contributed by atoms with Gasteiger partial charge in [0.25, 0.3) is 0 Å². The molecule has 3 heteroatoms. The number of rotatable bonds is 2. The zero-order valence-corrected chi connectivity index (χ0v) is 6.10. The van der Waals surface area contributed by atoms with Gasteiger partial charge < -0.3 is 0 Å². The van der Waals surface area contributed by atoms with Gasteiger partial charge in [-0.3, -0.25) is 4.90 Å². The molecule has 1 aliphatic heterocycles. The number of hydrogen-bond donors (Lipinski definition) is 0. The molecule has 1 rings (SSSR count). The van der Waals surface area contributed by atoms with E-state index in [0.717, 1.165) is 6.54 Å². The number of alkyl halides is 1. The van der Waals surface area contributed by atoms with Gasteiger partial charge in [-0.1, -0.05) is 0 Å². The standard InChI is InChI=1S/C7H11FN2/c1-7(8)5-10(6-7)4-2-3-9/h2,4-6H2,1H3. The van der Waals surface area contributed by atoms with Gasteiger partial charge in [0.1, 0.15) is 5.67 Å². The average Bonchev–Trinajstić information content (AvgIpc) is 1.78. The van der Waals surface area contributed by atoms with Gasteiger partial charge in [0.2, 0.25) is 0 Å². The lowest BCUT2D eigenvalue weighted by Gasteiger charge is -2.41. The maximum Gasteiger partial charge on any atom is 0.133 e. The summed E-state index contributed by atoms with van der Waals surface area (Å²) in [5.41, 5.74) is -0.991. The number of halogens is 1. The van der Waals surface area contributed by atoms with Gasteiger partial charge in [0.15, 0.2) is 0 Å². The Hall–Kier alpha value is -0.620. The molecule has 1 heterocycles. The minimum Gasteiger partial charge on any atom is -0.296 e. The SMILES string of the molecule is CC1(F)CN(CCC#N)C1. The van der Waals surface area contributed by atoms with E-state index >= 15 is 0 Å².